The van der Waals surface area contributed by atoms with Crippen LogP contribution in [-0.2, 0) is 14.9 Å². The van der Waals surface area contributed by atoms with Crippen LogP contribution in [0.15, 0.2) is 18.2 Å². The number of methoxy groups -OCH3 is 1. The van der Waals surface area contributed by atoms with Gasteiger partial charge in [-0.2, -0.15) is 13.1 Å². The van der Waals surface area contributed by atoms with Crippen LogP contribution in [0.3, 0.4) is 0 Å². The van der Waals surface area contributed by atoms with E-state index < -0.39 is 10.2 Å². The maximum Gasteiger partial charge on any atom is 0.299 e. The molecule has 6 nitrogen and oxygen atoms in total. The number of benzene rings is 1. The molecule has 1 rings (SSSR count). The van der Waals surface area contributed by atoms with E-state index in [1.54, 1.807) is 18.2 Å². The van der Waals surface area contributed by atoms with E-state index in [-0.39, 0.29) is 13.1 Å². The number of anilines is 1. The highest BCUT2D eigenvalue weighted by Crippen LogP contribution is 2.15. The van der Waals surface area contributed by atoms with Crippen LogP contribution in [0.4, 0.5) is 5.69 Å². The molecule has 0 saturated heterocycles. The second kappa shape index (κ2) is 7.87. The first-order chi connectivity index (χ1) is 9.48. The topological polar surface area (TPSA) is 93.4 Å². The Hall–Kier alpha value is -1.59. The SMILES string of the molecule is COCCNS(=O)(=O)Nc1ccc(C)c(C#CCN)c1. The lowest BCUT2D eigenvalue weighted by Crippen LogP contribution is -2.32. The molecule has 0 saturated carbocycles. The number of nitrogens with one attached hydrogen (secondary N) is 2. The third-order valence-corrected chi connectivity index (χ3v) is 3.50. The second-order valence-corrected chi connectivity index (χ2v) is 5.53. The molecule has 0 unspecified atom stereocenters. The van der Waals surface area contributed by atoms with Crippen molar-refractivity contribution in [2.24, 2.45) is 5.73 Å². The number of ether oxygens (including phenoxy) is 1. The molecule has 0 aromatic heterocycles. The summed E-state index contributed by atoms with van der Waals surface area (Å²) in [6.45, 7) is 2.67. The summed E-state index contributed by atoms with van der Waals surface area (Å²) >= 11 is 0. The molecule has 110 valence electrons. The highest BCUT2D eigenvalue weighted by molar-refractivity contribution is 7.90. The van der Waals surface area contributed by atoms with Gasteiger partial charge in [-0.3, -0.25) is 4.72 Å². The lowest BCUT2D eigenvalue weighted by Gasteiger charge is -2.10. The van der Waals surface area contributed by atoms with E-state index in [9.17, 15) is 8.42 Å². The van der Waals surface area contributed by atoms with Crippen molar-refractivity contribution >= 4 is 15.9 Å². The van der Waals surface area contributed by atoms with E-state index in [2.05, 4.69) is 21.3 Å². The van der Waals surface area contributed by atoms with E-state index in [4.69, 9.17) is 10.5 Å². The largest absolute Gasteiger partial charge is 0.383 e. The predicted octanol–water partition coefficient (Wildman–Crippen LogP) is 0.198. The third kappa shape index (κ3) is 5.59. The highest BCUT2D eigenvalue weighted by atomic mass is 32.2. The summed E-state index contributed by atoms with van der Waals surface area (Å²) in [5, 5.41) is 0. The van der Waals surface area contributed by atoms with Crippen LogP contribution in [0, 0.1) is 18.8 Å². The molecule has 0 aliphatic carbocycles. The number of hydrogen-bond donors (Lipinski definition) is 3. The van der Waals surface area contributed by atoms with Gasteiger partial charge in [0.2, 0.25) is 0 Å². The Labute approximate surface area is 119 Å². The van der Waals surface area contributed by atoms with E-state index in [0.717, 1.165) is 11.1 Å². The zero-order valence-corrected chi connectivity index (χ0v) is 12.4. The molecule has 0 aliphatic rings. The Morgan fingerprint density at radius 1 is 1.40 bits per heavy atom. The molecule has 7 heteroatoms. The molecule has 0 aliphatic heterocycles. The fraction of sp³-hybridized carbons (Fsp3) is 0.385. The summed E-state index contributed by atoms with van der Waals surface area (Å²) < 4.78 is 33.1. The molecule has 0 heterocycles. The van der Waals surface area contributed by atoms with Crippen molar-refractivity contribution in [3.05, 3.63) is 29.3 Å². The average molecular weight is 297 g/mol. The summed E-state index contributed by atoms with van der Waals surface area (Å²) in [7, 11) is -2.11. The Morgan fingerprint density at radius 3 is 2.80 bits per heavy atom. The molecule has 0 fully saturated rings. The quantitative estimate of drug-likeness (QED) is 0.516. The molecule has 0 radical (unpaired) electrons. The summed E-state index contributed by atoms with van der Waals surface area (Å²) in [5.41, 5.74) is 7.48. The second-order valence-electron chi connectivity index (χ2n) is 4.03. The standard InChI is InChI=1S/C13H19N3O3S/c1-11-5-6-13(10-12(11)4-3-7-14)16-20(17,18)15-8-9-19-2/h5-6,10,15-16H,7-9,14H2,1-2H3. The molecule has 0 amide bonds. The minimum Gasteiger partial charge on any atom is -0.383 e. The van der Waals surface area contributed by atoms with Crippen molar-refractivity contribution in [2.45, 2.75) is 6.92 Å². The van der Waals surface area contributed by atoms with Crippen molar-refractivity contribution in [1.29, 1.82) is 0 Å². The van der Waals surface area contributed by atoms with E-state index >= 15 is 0 Å². The van der Waals surface area contributed by atoms with Gasteiger partial charge < -0.3 is 10.5 Å². The van der Waals surface area contributed by atoms with Gasteiger partial charge in [-0.25, -0.2) is 0 Å². The van der Waals surface area contributed by atoms with Gasteiger partial charge in [0, 0.05) is 19.2 Å². The minimum atomic E-state index is -3.61. The lowest BCUT2D eigenvalue weighted by atomic mass is 10.1. The van der Waals surface area contributed by atoms with Crippen molar-refractivity contribution in [1.82, 2.24) is 4.72 Å². The highest BCUT2D eigenvalue weighted by Gasteiger charge is 2.09. The maximum absolute atomic E-state index is 11.8. The predicted molar refractivity (Wildman–Crippen MR) is 79.5 cm³/mol. The number of nitrogens with two attached hydrogens (primary N) is 1. The molecule has 0 bridgehead atoms. The zero-order chi connectivity index (χ0) is 15.0. The van der Waals surface area contributed by atoms with Gasteiger partial charge in [-0.15, -0.1) is 0 Å². The van der Waals surface area contributed by atoms with Gasteiger partial charge in [-0.1, -0.05) is 17.9 Å². The van der Waals surface area contributed by atoms with Gasteiger partial charge in [0.05, 0.1) is 18.8 Å². The van der Waals surface area contributed by atoms with Crippen LogP contribution in [0.5, 0.6) is 0 Å². The van der Waals surface area contributed by atoms with Crippen LogP contribution >= 0.6 is 0 Å². The molecule has 4 N–H and O–H groups in total. The molecular formula is C13H19N3O3S. The van der Waals surface area contributed by atoms with Gasteiger partial charge >= 0.3 is 0 Å². The molecule has 0 spiro atoms. The Kier molecular flexibility index (Phi) is 6.48. The van der Waals surface area contributed by atoms with Gasteiger partial charge in [-0.05, 0) is 24.6 Å². The number of aryl methyl sites for hydroxylation is 1. The van der Waals surface area contributed by atoms with Gasteiger partial charge in [0.1, 0.15) is 0 Å². The smallest absolute Gasteiger partial charge is 0.299 e. The third-order valence-electron chi connectivity index (χ3n) is 2.41. The Bertz CT molecular complexity index is 603. The average Bonchev–Trinajstić information content (AvgIpc) is 2.39. The minimum absolute atomic E-state index is 0.206. The lowest BCUT2D eigenvalue weighted by molar-refractivity contribution is 0.204. The maximum atomic E-state index is 11.8. The monoisotopic (exact) mass is 297 g/mol. The molecule has 0 atom stereocenters. The van der Waals surface area contributed by atoms with Crippen LogP contribution in [-0.4, -0.2) is 35.2 Å². The zero-order valence-electron chi connectivity index (χ0n) is 11.6. The Balaban J connectivity index is 2.82. The summed E-state index contributed by atoms with van der Waals surface area (Å²) in [6, 6.07) is 5.15. The van der Waals surface area contributed by atoms with Crippen LogP contribution < -0.4 is 15.2 Å². The number of rotatable bonds is 6. The molecular weight excluding hydrogens is 278 g/mol. The first-order valence-electron chi connectivity index (χ1n) is 6.04. The van der Waals surface area contributed by atoms with E-state index in [1.807, 2.05) is 6.92 Å². The van der Waals surface area contributed by atoms with Crippen molar-refractivity contribution in [3.8, 4) is 11.8 Å². The normalized spacial score (nSPS) is 10.8. The molecule has 1 aromatic rings. The van der Waals surface area contributed by atoms with Crippen molar-refractivity contribution in [3.63, 3.8) is 0 Å². The fourth-order valence-electron chi connectivity index (χ4n) is 1.44. The van der Waals surface area contributed by atoms with Gasteiger partial charge in [0.15, 0.2) is 0 Å². The van der Waals surface area contributed by atoms with Crippen molar-refractivity contribution < 1.29 is 13.2 Å². The molecule has 1 aromatic carbocycles. The van der Waals surface area contributed by atoms with Crippen molar-refractivity contribution in [2.75, 3.05) is 31.5 Å². The summed E-state index contributed by atoms with van der Waals surface area (Å²) in [6.07, 6.45) is 0. The van der Waals surface area contributed by atoms with Crippen LogP contribution in [0.1, 0.15) is 11.1 Å². The van der Waals surface area contributed by atoms with E-state index in [1.165, 1.54) is 7.11 Å². The van der Waals surface area contributed by atoms with Crippen LogP contribution in [0.25, 0.3) is 0 Å². The number of hydrogen-bond acceptors (Lipinski definition) is 4. The Morgan fingerprint density at radius 2 is 2.15 bits per heavy atom. The van der Waals surface area contributed by atoms with E-state index in [0.29, 0.717) is 12.3 Å². The first kappa shape index (κ1) is 16.5. The molecule has 20 heavy (non-hydrogen) atoms. The summed E-state index contributed by atoms with van der Waals surface area (Å²) in [5.74, 6) is 5.65. The van der Waals surface area contributed by atoms with Crippen LogP contribution in [0.2, 0.25) is 0 Å². The first-order valence-corrected chi connectivity index (χ1v) is 7.53. The summed E-state index contributed by atoms with van der Waals surface area (Å²) in [4.78, 5) is 0. The fourth-order valence-corrected chi connectivity index (χ4v) is 2.30. The van der Waals surface area contributed by atoms with Gasteiger partial charge in [0.25, 0.3) is 10.2 Å².